The fourth-order valence-corrected chi connectivity index (χ4v) is 1.81. The highest BCUT2D eigenvalue weighted by Gasteiger charge is 2.15. The van der Waals surface area contributed by atoms with Crippen LogP contribution in [0.4, 0.5) is 0 Å². The van der Waals surface area contributed by atoms with Gasteiger partial charge in [0.2, 0.25) is 0 Å². The molecule has 0 aliphatic carbocycles. The van der Waals surface area contributed by atoms with E-state index in [1.807, 2.05) is 31.8 Å². The summed E-state index contributed by atoms with van der Waals surface area (Å²) in [5, 5.41) is 16.5. The van der Waals surface area contributed by atoms with Crippen molar-refractivity contribution in [1.29, 1.82) is 5.26 Å². The lowest BCUT2D eigenvalue weighted by atomic mass is 9.89. The molecule has 4 heteroatoms. The second-order valence-corrected chi connectivity index (χ2v) is 5.51. The minimum atomic E-state index is -0.181. The molecule has 100 valence electrons. The standard InChI is InChI=1S/C14H24N4/c1-12-13(10-17-18(12)4)9-16-8-6-5-7-14(2,3)11-15/h10,16H,5-9H2,1-4H3. The van der Waals surface area contributed by atoms with Gasteiger partial charge in [0.05, 0.1) is 17.7 Å². The maximum atomic E-state index is 8.90. The summed E-state index contributed by atoms with van der Waals surface area (Å²) in [7, 11) is 1.96. The predicted molar refractivity (Wildman–Crippen MR) is 72.9 cm³/mol. The predicted octanol–water partition coefficient (Wildman–Crippen LogP) is 2.54. The second kappa shape index (κ2) is 6.55. The van der Waals surface area contributed by atoms with Crippen LogP contribution in [-0.4, -0.2) is 16.3 Å². The van der Waals surface area contributed by atoms with E-state index in [-0.39, 0.29) is 5.41 Å². The molecule has 4 nitrogen and oxygen atoms in total. The summed E-state index contributed by atoms with van der Waals surface area (Å²) in [5.41, 5.74) is 2.29. The van der Waals surface area contributed by atoms with Crippen LogP contribution in [0.15, 0.2) is 6.20 Å². The average molecular weight is 248 g/mol. The lowest BCUT2D eigenvalue weighted by Gasteiger charge is -2.14. The van der Waals surface area contributed by atoms with Crippen LogP contribution in [0.25, 0.3) is 0 Å². The zero-order valence-electron chi connectivity index (χ0n) is 12.0. The third kappa shape index (κ3) is 4.50. The molecule has 1 heterocycles. The maximum absolute atomic E-state index is 8.90. The molecule has 0 saturated heterocycles. The first kappa shape index (κ1) is 14.7. The van der Waals surface area contributed by atoms with Crippen LogP contribution in [0, 0.1) is 23.7 Å². The Morgan fingerprint density at radius 3 is 2.72 bits per heavy atom. The number of aromatic nitrogens is 2. The van der Waals surface area contributed by atoms with Crippen molar-refractivity contribution in [3.05, 3.63) is 17.5 Å². The van der Waals surface area contributed by atoms with Crippen molar-refractivity contribution in [2.24, 2.45) is 12.5 Å². The third-order valence-corrected chi connectivity index (χ3v) is 3.36. The van der Waals surface area contributed by atoms with E-state index in [0.29, 0.717) is 0 Å². The number of nitriles is 1. The van der Waals surface area contributed by atoms with Crippen LogP contribution in [-0.2, 0) is 13.6 Å². The maximum Gasteiger partial charge on any atom is 0.0683 e. The minimum Gasteiger partial charge on any atom is -0.313 e. The molecular formula is C14H24N4. The zero-order valence-corrected chi connectivity index (χ0v) is 12.0. The molecule has 0 aliphatic rings. The number of hydrogen-bond acceptors (Lipinski definition) is 3. The van der Waals surface area contributed by atoms with Crippen molar-refractivity contribution in [3.8, 4) is 6.07 Å². The molecule has 18 heavy (non-hydrogen) atoms. The van der Waals surface area contributed by atoms with Crippen LogP contribution in [0.2, 0.25) is 0 Å². The van der Waals surface area contributed by atoms with Crippen molar-refractivity contribution in [3.63, 3.8) is 0 Å². The monoisotopic (exact) mass is 248 g/mol. The molecule has 0 aliphatic heterocycles. The van der Waals surface area contributed by atoms with E-state index in [9.17, 15) is 0 Å². The molecule has 0 unspecified atom stereocenters. The Balaban J connectivity index is 2.13. The Bertz CT molecular complexity index is 412. The van der Waals surface area contributed by atoms with Gasteiger partial charge in [0, 0.05) is 24.8 Å². The highest BCUT2D eigenvalue weighted by Crippen LogP contribution is 2.21. The molecule has 1 aromatic rings. The molecule has 0 bridgehead atoms. The van der Waals surface area contributed by atoms with Gasteiger partial charge in [-0.3, -0.25) is 4.68 Å². The first-order valence-corrected chi connectivity index (χ1v) is 6.56. The van der Waals surface area contributed by atoms with E-state index in [4.69, 9.17) is 5.26 Å². The summed E-state index contributed by atoms with van der Waals surface area (Å²) in [6.07, 6.45) is 5.10. The SMILES string of the molecule is Cc1c(CNCCCCC(C)(C)C#N)cnn1C. The topological polar surface area (TPSA) is 53.6 Å². The van der Waals surface area contributed by atoms with Gasteiger partial charge in [-0.1, -0.05) is 6.42 Å². The molecule has 1 aromatic heterocycles. The van der Waals surface area contributed by atoms with Gasteiger partial charge in [-0.2, -0.15) is 10.4 Å². The van der Waals surface area contributed by atoms with E-state index in [1.165, 1.54) is 11.3 Å². The van der Waals surface area contributed by atoms with Crippen LogP contribution >= 0.6 is 0 Å². The molecule has 0 atom stereocenters. The highest BCUT2D eigenvalue weighted by atomic mass is 15.3. The normalized spacial score (nSPS) is 11.5. The number of unbranched alkanes of at least 4 members (excludes halogenated alkanes) is 1. The first-order valence-electron chi connectivity index (χ1n) is 6.56. The highest BCUT2D eigenvalue weighted by molar-refractivity contribution is 5.15. The Morgan fingerprint density at radius 2 is 2.17 bits per heavy atom. The number of hydrogen-bond donors (Lipinski definition) is 1. The van der Waals surface area contributed by atoms with E-state index in [0.717, 1.165) is 32.4 Å². The van der Waals surface area contributed by atoms with E-state index in [1.54, 1.807) is 0 Å². The van der Waals surface area contributed by atoms with Crippen LogP contribution in [0.5, 0.6) is 0 Å². The van der Waals surface area contributed by atoms with E-state index in [2.05, 4.69) is 23.4 Å². The third-order valence-electron chi connectivity index (χ3n) is 3.36. The van der Waals surface area contributed by atoms with Gasteiger partial charge in [0.25, 0.3) is 0 Å². The number of aryl methyl sites for hydroxylation is 1. The van der Waals surface area contributed by atoms with Gasteiger partial charge in [-0.05, 0) is 40.2 Å². The molecule has 0 spiro atoms. The number of nitrogens with zero attached hydrogens (tertiary/aromatic N) is 3. The van der Waals surface area contributed by atoms with Gasteiger partial charge in [-0.25, -0.2) is 0 Å². The van der Waals surface area contributed by atoms with Gasteiger partial charge in [-0.15, -0.1) is 0 Å². The van der Waals surface area contributed by atoms with Gasteiger partial charge in [0.15, 0.2) is 0 Å². The van der Waals surface area contributed by atoms with E-state index >= 15 is 0 Å². The molecule has 0 saturated carbocycles. The van der Waals surface area contributed by atoms with Crippen LogP contribution in [0.3, 0.4) is 0 Å². The summed E-state index contributed by atoms with van der Waals surface area (Å²) < 4.78 is 1.90. The Kier molecular flexibility index (Phi) is 5.36. The largest absolute Gasteiger partial charge is 0.313 e. The second-order valence-electron chi connectivity index (χ2n) is 5.51. The Labute approximate surface area is 110 Å². The zero-order chi connectivity index (χ0) is 13.6. The van der Waals surface area contributed by atoms with E-state index < -0.39 is 0 Å². The molecule has 1 rings (SSSR count). The molecule has 0 fully saturated rings. The fourth-order valence-electron chi connectivity index (χ4n) is 1.81. The lowest BCUT2D eigenvalue weighted by Crippen LogP contribution is -2.16. The van der Waals surface area contributed by atoms with Crippen molar-refractivity contribution < 1.29 is 0 Å². The molecular weight excluding hydrogens is 224 g/mol. The Morgan fingerprint density at radius 1 is 1.44 bits per heavy atom. The number of rotatable bonds is 7. The molecule has 0 radical (unpaired) electrons. The average Bonchev–Trinajstić information content (AvgIpc) is 2.65. The summed E-state index contributed by atoms with van der Waals surface area (Å²) in [4.78, 5) is 0. The summed E-state index contributed by atoms with van der Waals surface area (Å²) in [6, 6.07) is 2.34. The van der Waals surface area contributed by atoms with Gasteiger partial charge < -0.3 is 5.32 Å². The summed E-state index contributed by atoms with van der Waals surface area (Å²) >= 11 is 0. The van der Waals surface area contributed by atoms with Crippen molar-refractivity contribution >= 4 is 0 Å². The fraction of sp³-hybridized carbons (Fsp3) is 0.714. The quantitative estimate of drug-likeness (QED) is 0.754. The van der Waals surface area contributed by atoms with Gasteiger partial charge in [0.1, 0.15) is 0 Å². The van der Waals surface area contributed by atoms with Gasteiger partial charge >= 0.3 is 0 Å². The molecule has 1 N–H and O–H groups in total. The smallest absolute Gasteiger partial charge is 0.0683 e. The number of nitrogens with one attached hydrogen (secondary N) is 1. The van der Waals surface area contributed by atoms with Crippen LogP contribution in [0.1, 0.15) is 44.4 Å². The van der Waals surface area contributed by atoms with Crippen molar-refractivity contribution in [1.82, 2.24) is 15.1 Å². The van der Waals surface area contributed by atoms with Crippen molar-refractivity contribution in [2.75, 3.05) is 6.54 Å². The molecule has 0 amide bonds. The summed E-state index contributed by atoms with van der Waals surface area (Å²) in [5.74, 6) is 0. The summed E-state index contributed by atoms with van der Waals surface area (Å²) in [6.45, 7) is 7.95. The van der Waals surface area contributed by atoms with Crippen molar-refractivity contribution in [2.45, 2.75) is 46.6 Å². The van der Waals surface area contributed by atoms with Crippen LogP contribution < -0.4 is 5.32 Å². The lowest BCUT2D eigenvalue weighted by molar-refractivity contribution is 0.422. The Hall–Kier alpha value is -1.34. The minimum absolute atomic E-state index is 0.181. The first-order chi connectivity index (χ1) is 8.46. The molecule has 0 aromatic carbocycles.